The average Bonchev–Trinajstić information content (AvgIpc) is 3.01. The first-order valence-corrected chi connectivity index (χ1v) is 8.87. The molecular formula is C19H20N2OS. The van der Waals surface area contributed by atoms with E-state index in [1.807, 2.05) is 29.2 Å². The standard InChI is InChI=1S/C19H20N2OS/c1-2-14-21(15-8-4-3-5-9-15)19(22)13-12-18-20-16-10-6-7-11-17(16)23-18/h1,6-7,10-13,15H,3-5,8-9,14H2/b13-12+. The van der Waals surface area contributed by atoms with E-state index < -0.39 is 0 Å². The van der Waals surface area contributed by atoms with Crippen molar-refractivity contribution in [2.75, 3.05) is 6.54 Å². The molecule has 1 aromatic heterocycles. The van der Waals surface area contributed by atoms with Crippen LogP contribution in [0, 0.1) is 12.3 Å². The fourth-order valence-corrected chi connectivity index (χ4v) is 3.95. The van der Waals surface area contributed by atoms with Gasteiger partial charge in [-0.25, -0.2) is 4.98 Å². The van der Waals surface area contributed by atoms with Gasteiger partial charge in [-0.2, -0.15) is 0 Å². The summed E-state index contributed by atoms with van der Waals surface area (Å²) in [5.74, 6) is 2.62. The van der Waals surface area contributed by atoms with E-state index in [0.717, 1.165) is 28.1 Å². The SMILES string of the molecule is C#CCN(C(=O)/C=C/c1nc2ccccc2s1)C1CCCCC1. The summed E-state index contributed by atoms with van der Waals surface area (Å²) in [6.45, 7) is 0.383. The number of benzene rings is 1. The minimum absolute atomic E-state index is 0.00546. The molecule has 0 unspecified atom stereocenters. The van der Waals surface area contributed by atoms with E-state index in [1.54, 1.807) is 23.5 Å². The Kier molecular flexibility index (Phi) is 5.09. The Morgan fingerprint density at radius 3 is 2.87 bits per heavy atom. The van der Waals surface area contributed by atoms with Crippen molar-refractivity contribution in [1.82, 2.24) is 9.88 Å². The van der Waals surface area contributed by atoms with Gasteiger partial charge in [0.2, 0.25) is 5.91 Å². The van der Waals surface area contributed by atoms with E-state index in [0.29, 0.717) is 6.54 Å². The minimum atomic E-state index is -0.00546. The van der Waals surface area contributed by atoms with E-state index in [1.165, 1.54) is 19.3 Å². The topological polar surface area (TPSA) is 33.2 Å². The van der Waals surface area contributed by atoms with E-state index in [-0.39, 0.29) is 11.9 Å². The molecule has 118 valence electrons. The van der Waals surface area contributed by atoms with Crippen LogP contribution in [0.25, 0.3) is 16.3 Å². The molecule has 3 nitrogen and oxygen atoms in total. The molecule has 1 aromatic carbocycles. The summed E-state index contributed by atoms with van der Waals surface area (Å²) >= 11 is 1.59. The predicted molar refractivity (Wildman–Crippen MR) is 96.1 cm³/mol. The third kappa shape index (κ3) is 3.80. The Hall–Kier alpha value is -2.12. The fraction of sp³-hybridized carbons (Fsp3) is 0.368. The van der Waals surface area contributed by atoms with Crippen molar-refractivity contribution in [2.24, 2.45) is 0 Å². The Labute approximate surface area is 141 Å². The molecule has 1 heterocycles. The molecule has 0 atom stereocenters. The van der Waals surface area contributed by atoms with Crippen LogP contribution in [-0.2, 0) is 4.79 Å². The van der Waals surface area contributed by atoms with Gasteiger partial charge in [-0.1, -0.05) is 37.3 Å². The molecule has 0 N–H and O–H groups in total. The average molecular weight is 324 g/mol. The number of thiazole rings is 1. The highest BCUT2D eigenvalue weighted by atomic mass is 32.1. The van der Waals surface area contributed by atoms with Crippen molar-refractivity contribution in [2.45, 2.75) is 38.1 Å². The highest BCUT2D eigenvalue weighted by Crippen LogP contribution is 2.24. The number of nitrogens with zero attached hydrogens (tertiary/aromatic N) is 2. The molecule has 1 aliphatic rings. The first-order chi connectivity index (χ1) is 11.3. The first kappa shape index (κ1) is 15.8. The first-order valence-electron chi connectivity index (χ1n) is 8.05. The van der Waals surface area contributed by atoms with Crippen LogP contribution in [0.15, 0.2) is 30.3 Å². The quantitative estimate of drug-likeness (QED) is 0.626. The third-order valence-electron chi connectivity index (χ3n) is 4.24. The molecule has 3 rings (SSSR count). The number of amides is 1. The summed E-state index contributed by atoms with van der Waals surface area (Å²) in [5.41, 5.74) is 0.970. The summed E-state index contributed by atoms with van der Waals surface area (Å²) in [4.78, 5) is 18.9. The van der Waals surface area contributed by atoms with E-state index in [4.69, 9.17) is 6.42 Å². The molecule has 1 fully saturated rings. The number of hydrogen-bond acceptors (Lipinski definition) is 3. The van der Waals surface area contributed by atoms with Crippen LogP contribution in [0.4, 0.5) is 0 Å². The van der Waals surface area contributed by atoms with Gasteiger partial charge in [-0.3, -0.25) is 4.79 Å². The van der Waals surface area contributed by atoms with Crippen LogP contribution in [0.2, 0.25) is 0 Å². The molecule has 1 saturated carbocycles. The molecule has 1 aliphatic carbocycles. The van der Waals surface area contributed by atoms with Crippen molar-refractivity contribution in [3.05, 3.63) is 35.3 Å². The smallest absolute Gasteiger partial charge is 0.247 e. The van der Waals surface area contributed by atoms with Gasteiger partial charge in [0.25, 0.3) is 0 Å². The normalized spacial score (nSPS) is 15.8. The molecule has 0 aliphatic heterocycles. The van der Waals surface area contributed by atoms with Gasteiger partial charge in [-0.05, 0) is 31.1 Å². The van der Waals surface area contributed by atoms with Crippen LogP contribution >= 0.6 is 11.3 Å². The minimum Gasteiger partial charge on any atom is -0.325 e. The lowest BCUT2D eigenvalue weighted by atomic mass is 9.94. The zero-order chi connectivity index (χ0) is 16.1. The molecule has 1 amide bonds. The summed E-state index contributed by atoms with van der Waals surface area (Å²) in [6, 6.07) is 8.28. The van der Waals surface area contributed by atoms with Gasteiger partial charge in [0, 0.05) is 12.1 Å². The Morgan fingerprint density at radius 2 is 2.13 bits per heavy atom. The van der Waals surface area contributed by atoms with E-state index >= 15 is 0 Å². The van der Waals surface area contributed by atoms with Crippen molar-refractivity contribution in [1.29, 1.82) is 0 Å². The molecule has 2 aromatic rings. The highest BCUT2D eigenvalue weighted by molar-refractivity contribution is 7.19. The maximum absolute atomic E-state index is 12.5. The molecule has 0 bridgehead atoms. The lowest BCUT2D eigenvalue weighted by Crippen LogP contribution is -2.40. The Balaban J connectivity index is 1.73. The number of aromatic nitrogens is 1. The number of para-hydroxylation sites is 1. The van der Waals surface area contributed by atoms with Crippen molar-refractivity contribution in [3.8, 4) is 12.3 Å². The van der Waals surface area contributed by atoms with Crippen LogP contribution in [0.3, 0.4) is 0 Å². The third-order valence-corrected chi connectivity index (χ3v) is 5.24. The second-order valence-electron chi connectivity index (χ2n) is 5.82. The summed E-state index contributed by atoms with van der Waals surface area (Å²) in [7, 11) is 0. The lowest BCUT2D eigenvalue weighted by Gasteiger charge is -2.32. The zero-order valence-electron chi connectivity index (χ0n) is 13.1. The van der Waals surface area contributed by atoms with Gasteiger partial charge in [0.15, 0.2) is 0 Å². The number of carbonyl (C=O) groups is 1. The van der Waals surface area contributed by atoms with Gasteiger partial charge in [0.1, 0.15) is 5.01 Å². The number of terminal acetylenes is 1. The predicted octanol–water partition coefficient (Wildman–Crippen LogP) is 4.10. The molecule has 4 heteroatoms. The van der Waals surface area contributed by atoms with Crippen molar-refractivity contribution < 1.29 is 4.79 Å². The monoisotopic (exact) mass is 324 g/mol. The Bertz CT molecular complexity index is 717. The highest BCUT2D eigenvalue weighted by Gasteiger charge is 2.23. The number of hydrogen-bond donors (Lipinski definition) is 0. The van der Waals surface area contributed by atoms with Crippen LogP contribution in [-0.4, -0.2) is 28.4 Å². The molecule has 0 saturated heterocycles. The second kappa shape index (κ2) is 7.43. The second-order valence-corrected chi connectivity index (χ2v) is 6.88. The molecule has 0 radical (unpaired) electrons. The van der Waals surface area contributed by atoms with Crippen molar-refractivity contribution >= 4 is 33.5 Å². The maximum Gasteiger partial charge on any atom is 0.247 e. The summed E-state index contributed by atoms with van der Waals surface area (Å²) in [5, 5.41) is 0.851. The van der Waals surface area contributed by atoms with Gasteiger partial charge >= 0.3 is 0 Å². The number of rotatable bonds is 4. The number of carbonyl (C=O) groups excluding carboxylic acids is 1. The molecule has 0 spiro atoms. The molecule has 23 heavy (non-hydrogen) atoms. The van der Waals surface area contributed by atoms with Crippen molar-refractivity contribution in [3.63, 3.8) is 0 Å². The van der Waals surface area contributed by atoms with Gasteiger partial charge in [-0.15, -0.1) is 17.8 Å². The Morgan fingerprint density at radius 1 is 1.35 bits per heavy atom. The molecular weight excluding hydrogens is 304 g/mol. The van der Waals surface area contributed by atoms with Gasteiger partial charge in [0.05, 0.1) is 16.8 Å². The van der Waals surface area contributed by atoms with E-state index in [9.17, 15) is 4.79 Å². The van der Waals surface area contributed by atoms with E-state index in [2.05, 4.69) is 10.9 Å². The van der Waals surface area contributed by atoms with Crippen LogP contribution in [0.5, 0.6) is 0 Å². The van der Waals surface area contributed by atoms with Gasteiger partial charge < -0.3 is 4.90 Å². The largest absolute Gasteiger partial charge is 0.325 e. The van der Waals surface area contributed by atoms with Crippen LogP contribution < -0.4 is 0 Å². The zero-order valence-corrected chi connectivity index (χ0v) is 13.9. The lowest BCUT2D eigenvalue weighted by molar-refractivity contribution is -0.128. The maximum atomic E-state index is 12.5. The fourth-order valence-electron chi connectivity index (χ4n) is 3.08. The number of fused-ring (bicyclic) bond motifs is 1. The van der Waals surface area contributed by atoms with Crippen LogP contribution in [0.1, 0.15) is 37.1 Å². The summed E-state index contributed by atoms with van der Waals surface area (Å²) < 4.78 is 1.13. The summed E-state index contributed by atoms with van der Waals surface area (Å²) in [6.07, 6.45) is 14.6.